The third-order valence-electron chi connectivity index (χ3n) is 4.09. The van der Waals surface area contributed by atoms with E-state index in [0.717, 1.165) is 12.8 Å². The maximum Gasteiger partial charge on any atom is 0.225 e. The number of nitrogens with zero attached hydrogens (tertiary/aromatic N) is 2. The highest BCUT2D eigenvalue weighted by Gasteiger charge is 2.40. The summed E-state index contributed by atoms with van der Waals surface area (Å²) in [6, 6.07) is 3.19. The van der Waals surface area contributed by atoms with Gasteiger partial charge in [-0.05, 0) is 31.7 Å². The topological polar surface area (TPSA) is 53.4 Å². The molecule has 1 aliphatic heterocycles. The van der Waals surface area contributed by atoms with Gasteiger partial charge in [0.05, 0.1) is 5.60 Å². The van der Waals surface area contributed by atoms with E-state index in [0.29, 0.717) is 25.9 Å². The highest BCUT2D eigenvalue weighted by Crippen LogP contribution is 2.36. The molecule has 1 N–H and O–H groups in total. The number of carbonyl (C=O) groups excluding carboxylic acids is 1. The van der Waals surface area contributed by atoms with Crippen molar-refractivity contribution in [2.24, 2.45) is 5.92 Å². The lowest BCUT2D eigenvalue weighted by molar-refractivity contribution is -0.137. The first kappa shape index (κ1) is 12.5. The highest BCUT2D eigenvalue weighted by atomic mass is 19.1. The van der Waals surface area contributed by atoms with E-state index in [9.17, 15) is 14.3 Å². The Labute approximate surface area is 111 Å². The van der Waals surface area contributed by atoms with Crippen LogP contribution in [-0.4, -0.2) is 34.0 Å². The minimum absolute atomic E-state index is 0.189. The summed E-state index contributed by atoms with van der Waals surface area (Å²) in [7, 11) is 0. The summed E-state index contributed by atoms with van der Waals surface area (Å²) in [4.78, 5) is 17.3. The molecule has 0 atom stereocenters. The van der Waals surface area contributed by atoms with Gasteiger partial charge in [-0.15, -0.1) is 0 Å². The SMILES string of the molecule is O=C(C1CC1)N1CCC(O)(c2cccnc2F)CC1. The number of pyridine rings is 1. The van der Waals surface area contributed by atoms with Gasteiger partial charge in [0.15, 0.2) is 0 Å². The predicted octanol–water partition coefficient (Wildman–Crippen LogP) is 1.44. The van der Waals surface area contributed by atoms with Gasteiger partial charge in [0.1, 0.15) is 0 Å². The summed E-state index contributed by atoms with van der Waals surface area (Å²) in [5, 5.41) is 10.6. The van der Waals surface area contributed by atoms with Crippen molar-refractivity contribution in [3.05, 3.63) is 29.8 Å². The quantitative estimate of drug-likeness (QED) is 0.822. The molecule has 102 valence electrons. The molecule has 0 unspecified atom stereocenters. The maximum absolute atomic E-state index is 13.7. The number of aliphatic hydroxyl groups is 1. The van der Waals surface area contributed by atoms with E-state index in [1.807, 2.05) is 0 Å². The molecule has 0 bridgehead atoms. The van der Waals surface area contributed by atoms with Gasteiger partial charge in [-0.2, -0.15) is 4.39 Å². The molecule has 5 heteroatoms. The van der Waals surface area contributed by atoms with Crippen LogP contribution in [0.25, 0.3) is 0 Å². The maximum atomic E-state index is 13.7. The number of carbonyl (C=O) groups is 1. The van der Waals surface area contributed by atoms with Gasteiger partial charge in [0, 0.05) is 30.8 Å². The van der Waals surface area contributed by atoms with Gasteiger partial charge in [0.25, 0.3) is 0 Å². The van der Waals surface area contributed by atoms with Crippen LogP contribution >= 0.6 is 0 Å². The van der Waals surface area contributed by atoms with E-state index in [-0.39, 0.29) is 17.4 Å². The average molecular weight is 264 g/mol. The molecular formula is C14H17FN2O2. The Hall–Kier alpha value is -1.49. The molecule has 1 saturated carbocycles. The summed E-state index contributed by atoms with van der Waals surface area (Å²) in [6.45, 7) is 0.973. The molecule has 0 spiro atoms. The molecule has 4 nitrogen and oxygen atoms in total. The number of hydrogen-bond acceptors (Lipinski definition) is 3. The van der Waals surface area contributed by atoms with Crippen molar-refractivity contribution in [3.8, 4) is 0 Å². The molecule has 3 rings (SSSR count). The number of halogens is 1. The number of hydrogen-bond donors (Lipinski definition) is 1. The monoisotopic (exact) mass is 264 g/mol. The molecule has 1 amide bonds. The van der Waals surface area contributed by atoms with E-state index >= 15 is 0 Å². The van der Waals surface area contributed by atoms with Gasteiger partial charge in [0.2, 0.25) is 11.9 Å². The van der Waals surface area contributed by atoms with Crippen LogP contribution in [0.5, 0.6) is 0 Å². The zero-order valence-corrected chi connectivity index (χ0v) is 10.7. The zero-order valence-electron chi connectivity index (χ0n) is 10.7. The third kappa shape index (κ3) is 2.34. The van der Waals surface area contributed by atoms with Gasteiger partial charge in [-0.25, -0.2) is 4.98 Å². The second-order valence-corrected chi connectivity index (χ2v) is 5.47. The Kier molecular flexibility index (Phi) is 3.01. The first-order chi connectivity index (χ1) is 9.10. The van der Waals surface area contributed by atoms with Crippen LogP contribution in [0.1, 0.15) is 31.2 Å². The summed E-state index contributed by atoms with van der Waals surface area (Å²) in [6.07, 6.45) is 4.07. The number of aromatic nitrogens is 1. The van der Waals surface area contributed by atoms with Gasteiger partial charge < -0.3 is 10.0 Å². The Morgan fingerprint density at radius 1 is 1.42 bits per heavy atom. The minimum atomic E-state index is -1.20. The van der Waals surface area contributed by atoms with Crippen molar-refractivity contribution in [3.63, 3.8) is 0 Å². The second-order valence-electron chi connectivity index (χ2n) is 5.47. The van der Waals surface area contributed by atoms with Crippen LogP contribution in [0.4, 0.5) is 4.39 Å². The van der Waals surface area contributed by atoms with Crippen LogP contribution in [0.2, 0.25) is 0 Å². The lowest BCUT2D eigenvalue weighted by Gasteiger charge is -2.38. The molecule has 0 radical (unpaired) electrons. The molecule has 19 heavy (non-hydrogen) atoms. The van der Waals surface area contributed by atoms with Crippen molar-refractivity contribution >= 4 is 5.91 Å². The van der Waals surface area contributed by atoms with Crippen molar-refractivity contribution in [1.82, 2.24) is 9.88 Å². The Balaban J connectivity index is 1.71. The van der Waals surface area contributed by atoms with E-state index < -0.39 is 11.5 Å². The zero-order chi connectivity index (χ0) is 13.5. The number of piperidine rings is 1. The van der Waals surface area contributed by atoms with Crippen LogP contribution in [0.3, 0.4) is 0 Å². The molecule has 0 aromatic carbocycles. The Morgan fingerprint density at radius 3 is 2.68 bits per heavy atom. The van der Waals surface area contributed by atoms with E-state index in [2.05, 4.69) is 4.98 Å². The van der Waals surface area contributed by atoms with Crippen LogP contribution in [0, 0.1) is 11.9 Å². The Bertz CT molecular complexity index is 494. The van der Waals surface area contributed by atoms with Crippen LogP contribution in [0.15, 0.2) is 18.3 Å². The molecule has 2 fully saturated rings. The number of rotatable bonds is 2. The average Bonchev–Trinajstić information content (AvgIpc) is 3.23. The van der Waals surface area contributed by atoms with Crippen LogP contribution in [-0.2, 0) is 10.4 Å². The molecule has 2 heterocycles. The molecule has 1 aromatic rings. The van der Waals surface area contributed by atoms with Crippen molar-refractivity contribution in [2.75, 3.05) is 13.1 Å². The number of amides is 1. The van der Waals surface area contributed by atoms with Crippen molar-refractivity contribution in [1.29, 1.82) is 0 Å². The molecule has 1 aromatic heterocycles. The fraction of sp³-hybridized carbons (Fsp3) is 0.571. The van der Waals surface area contributed by atoms with Gasteiger partial charge in [-0.3, -0.25) is 4.79 Å². The first-order valence-electron chi connectivity index (χ1n) is 6.72. The predicted molar refractivity (Wildman–Crippen MR) is 66.6 cm³/mol. The molecule has 1 saturated heterocycles. The first-order valence-corrected chi connectivity index (χ1v) is 6.72. The van der Waals surface area contributed by atoms with Crippen molar-refractivity contribution < 1.29 is 14.3 Å². The summed E-state index contributed by atoms with van der Waals surface area (Å²) < 4.78 is 13.7. The standard InChI is InChI=1S/C14H17FN2O2/c15-12-11(2-1-7-16-12)14(19)5-8-17(9-6-14)13(18)10-3-4-10/h1-2,7,10,19H,3-6,8-9H2. The fourth-order valence-electron chi connectivity index (χ4n) is 2.69. The Morgan fingerprint density at radius 2 is 2.11 bits per heavy atom. The summed E-state index contributed by atoms with van der Waals surface area (Å²) >= 11 is 0. The van der Waals surface area contributed by atoms with E-state index in [1.165, 1.54) is 6.20 Å². The minimum Gasteiger partial charge on any atom is -0.385 e. The normalized spacial score (nSPS) is 22.3. The van der Waals surface area contributed by atoms with Crippen molar-refractivity contribution in [2.45, 2.75) is 31.3 Å². The lowest BCUT2D eigenvalue weighted by Crippen LogP contribution is -2.46. The third-order valence-corrected chi connectivity index (χ3v) is 4.09. The van der Waals surface area contributed by atoms with E-state index in [4.69, 9.17) is 0 Å². The lowest BCUT2D eigenvalue weighted by atomic mass is 9.85. The molecule has 2 aliphatic rings. The summed E-state index contributed by atoms with van der Waals surface area (Å²) in [5.41, 5.74) is -0.952. The smallest absolute Gasteiger partial charge is 0.225 e. The largest absolute Gasteiger partial charge is 0.385 e. The highest BCUT2D eigenvalue weighted by molar-refractivity contribution is 5.81. The van der Waals surface area contributed by atoms with Gasteiger partial charge in [-0.1, -0.05) is 6.07 Å². The molecule has 1 aliphatic carbocycles. The second kappa shape index (κ2) is 4.56. The van der Waals surface area contributed by atoms with Crippen LogP contribution < -0.4 is 0 Å². The van der Waals surface area contributed by atoms with Gasteiger partial charge >= 0.3 is 0 Å². The summed E-state index contributed by atoms with van der Waals surface area (Å²) in [5.74, 6) is -0.234. The van der Waals surface area contributed by atoms with E-state index in [1.54, 1.807) is 17.0 Å². The molecular weight excluding hydrogens is 247 g/mol. The fourth-order valence-corrected chi connectivity index (χ4v) is 2.69. The number of likely N-dealkylation sites (tertiary alicyclic amines) is 1.